The largest absolute Gasteiger partial charge is 0.289 e. The third kappa shape index (κ3) is 1.79. The lowest BCUT2D eigenvalue weighted by molar-refractivity contribution is -0.112. The smallest absolute Gasteiger partial charge is 0.184 e. The van der Waals surface area contributed by atoms with Gasteiger partial charge in [-0.3, -0.25) is 4.79 Å². The first-order valence-electron chi connectivity index (χ1n) is 8.68. The van der Waals surface area contributed by atoms with Crippen molar-refractivity contribution in [2.45, 2.75) is 52.9 Å². The van der Waals surface area contributed by atoms with E-state index < -0.39 is 0 Å². The highest BCUT2D eigenvalue weighted by molar-refractivity contribution is 6.09. The Hall–Kier alpha value is -1.11. The summed E-state index contributed by atoms with van der Waals surface area (Å²) in [5.74, 6) is 4.34. The normalized spacial score (nSPS) is 42.0. The van der Waals surface area contributed by atoms with E-state index in [-0.39, 0.29) is 0 Å². The average molecular weight is 282 g/mol. The van der Waals surface area contributed by atoms with Crippen molar-refractivity contribution in [2.75, 3.05) is 0 Å². The average Bonchev–Trinajstić information content (AvgIpc) is 2.98. The molecule has 0 N–H and O–H groups in total. The molecule has 4 aliphatic carbocycles. The van der Waals surface area contributed by atoms with Gasteiger partial charge in [0.25, 0.3) is 0 Å². The number of carbonyl (C=O) groups is 1. The molecular formula is C20H26O. The van der Waals surface area contributed by atoms with Gasteiger partial charge in [-0.2, -0.15) is 0 Å². The van der Waals surface area contributed by atoms with Gasteiger partial charge in [0, 0.05) is 5.92 Å². The number of carbonyl (C=O) groups excluding carboxylic acids is 1. The molecule has 0 spiro atoms. The van der Waals surface area contributed by atoms with E-state index in [9.17, 15) is 4.79 Å². The Balaban J connectivity index is 1.73. The lowest BCUT2D eigenvalue weighted by Crippen LogP contribution is -2.42. The lowest BCUT2D eigenvalue weighted by atomic mass is 9.54. The molecule has 4 aliphatic rings. The van der Waals surface area contributed by atoms with Crippen molar-refractivity contribution in [1.29, 1.82) is 0 Å². The summed E-state index contributed by atoms with van der Waals surface area (Å²) < 4.78 is 0. The Morgan fingerprint density at radius 1 is 0.952 bits per heavy atom. The van der Waals surface area contributed by atoms with Crippen LogP contribution in [0.15, 0.2) is 34.4 Å². The first kappa shape index (κ1) is 13.5. The molecule has 0 aliphatic heterocycles. The minimum atomic E-state index is 0.313. The van der Waals surface area contributed by atoms with Gasteiger partial charge in [0.2, 0.25) is 0 Å². The van der Waals surface area contributed by atoms with Crippen LogP contribution < -0.4 is 0 Å². The second-order valence-corrected chi connectivity index (χ2v) is 7.70. The third-order valence-corrected chi connectivity index (χ3v) is 7.05. The van der Waals surface area contributed by atoms with Crippen LogP contribution in [0.1, 0.15) is 52.9 Å². The zero-order valence-corrected chi connectivity index (χ0v) is 13.5. The van der Waals surface area contributed by atoms with E-state index in [1.165, 1.54) is 36.8 Å². The number of fused-ring (bicyclic) bond motifs is 5. The van der Waals surface area contributed by atoms with Crippen molar-refractivity contribution in [2.24, 2.45) is 29.6 Å². The minimum Gasteiger partial charge on any atom is -0.289 e. The number of hydrogen-bond donors (Lipinski definition) is 0. The molecule has 4 rings (SSSR count). The molecule has 1 heteroatoms. The third-order valence-electron chi connectivity index (χ3n) is 7.05. The second-order valence-electron chi connectivity index (χ2n) is 7.70. The molecule has 112 valence electrons. The van der Waals surface area contributed by atoms with Crippen LogP contribution in [0.3, 0.4) is 0 Å². The van der Waals surface area contributed by atoms with Gasteiger partial charge in [0.05, 0.1) is 0 Å². The molecule has 21 heavy (non-hydrogen) atoms. The van der Waals surface area contributed by atoms with E-state index in [1.807, 2.05) is 6.92 Å². The van der Waals surface area contributed by atoms with Crippen LogP contribution in [0.5, 0.6) is 0 Å². The summed E-state index contributed by atoms with van der Waals surface area (Å²) in [6.07, 6.45) is 11.4. The Kier molecular flexibility index (Phi) is 3.03. The summed E-state index contributed by atoms with van der Waals surface area (Å²) in [5, 5.41) is 0. The van der Waals surface area contributed by atoms with Crippen LogP contribution in [0, 0.1) is 29.6 Å². The van der Waals surface area contributed by atoms with Gasteiger partial charge in [-0.1, -0.05) is 23.3 Å². The fourth-order valence-corrected chi connectivity index (χ4v) is 5.87. The number of hydrogen-bond acceptors (Lipinski definition) is 1. The van der Waals surface area contributed by atoms with Gasteiger partial charge >= 0.3 is 0 Å². The quantitative estimate of drug-likeness (QED) is 0.580. The Morgan fingerprint density at radius 3 is 2.57 bits per heavy atom. The predicted molar refractivity (Wildman–Crippen MR) is 85.8 cm³/mol. The zero-order chi connectivity index (χ0) is 14.7. The molecule has 0 heterocycles. The van der Waals surface area contributed by atoms with Crippen molar-refractivity contribution in [3.63, 3.8) is 0 Å². The SMILES string of the molecule is CC1=C(C)C2C(=C(C)C1=O)CCC1C3CC=CC3CCC21. The van der Waals surface area contributed by atoms with Crippen molar-refractivity contribution in [3.8, 4) is 0 Å². The van der Waals surface area contributed by atoms with Crippen LogP contribution in [0.25, 0.3) is 0 Å². The van der Waals surface area contributed by atoms with Gasteiger partial charge < -0.3 is 0 Å². The van der Waals surface area contributed by atoms with Gasteiger partial charge in [0.15, 0.2) is 5.78 Å². The molecule has 0 bridgehead atoms. The van der Waals surface area contributed by atoms with E-state index >= 15 is 0 Å². The van der Waals surface area contributed by atoms with Crippen molar-refractivity contribution in [3.05, 3.63) is 34.4 Å². The molecule has 1 nitrogen and oxygen atoms in total. The number of Topliss-reactive ketones (excluding diaryl/α,β-unsaturated/α-hetero) is 1. The van der Waals surface area contributed by atoms with Crippen LogP contribution >= 0.6 is 0 Å². The second kappa shape index (κ2) is 4.69. The number of ketones is 1. The summed E-state index contributed by atoms with van der Waals surface area (Å²) in [4.78, 5) is 12.4. The maximum Gasteiger partial charge on any atom is 0.184 e. The topological polar surface area (TPSA) is 17.1 Å². The van der Waals surface area contributed by atoms with Crippen LogP contribution in [0.2, 0.25) is 0 Å². The lowest BCUT2D eigenvalue weighted by Gasteiger charge is -2.50. The minimum absolute atomic E-state index is 0.313. The van der Waals surface area contributed by atoms with Gasteiger partial charge in [-0.05, 0) is 87.7 Å². The van der Waals surface area contributed by atoms with Crippen molar-refractivity contribution >= 4 is 5.78 Å². The summed E-state index contributed by atoms with van der Waals surface area (Å²) in [6.45, 7) is 6.35. The molecule has 5 atom stereocenters. The van der Waals surface area contributed by atoms with Crippen LogP contribution in [0.4, 0.5) is 0 Å². The molecule has 0 aromatic rings. The zero-order valence-electron chi connectivity index (χ0n) is 13.5. The molecule has 0 aromatic heterocycles. The van der Waals surface area contributed by atoms with E-state index in [2.05, 4.69) is 26.0 Å². The van der Waals surface area contributed by atoms with Crippen LogP contribution in [-0.4, -0.2) is 5.78 Å². The molecule has 0 amide bonds. The van der Waals surface area contributed by atoms with Crippen molar-refractivity contribution in [1.82, 2.24) is 0 Å². The highest BCUT2D eigenvalue weighted by atomic mass is 16.1. The van der Waals surface area contributed by atoms with Gasteiger partial charge in [-0.15, -0.1) is 0 Å². The van der Waals surface area contributed by atoms with E-state index in [4.69, 9.17) is 0 Å². The molecule has 5 unspecified atom stereocenters. The first-order valence-corrected chi connectivity index (χ1v) is 8.68. The number of rotatable bonds is 0. The highest BCUT2D eigenvalue weighted by Crippen LogP contribution is 2.56. The molecule has 2 saturated carbocycles. The Morgan fingerprint density at radius 2 is 1.76 bits per heavy atom. The molecule has 0 saturated heterocycles. The van der Waals surface area contributed by atoms with E-state index in [0.29, 0.717) is 11.7 Å². The standard InChI is InChI=1S/C20H26O/c1-11-12(2)20(21)13(3)15-9-10-17-16-6-4-5-14(16)7-8-18(17)19(11)15/h4-5,14,16-19H,6-10H2,1-3H3. The fraction of sp³-hybridized carbons (Fsp3) is 0.650. The summed E-state index contributed by atoms with van der Waals surface area (Å²) in [6, 6.07) is 0. The maximum absolute atomic E-state index is 12.4. The summed E-state index contributed by atoms with van der Waals surface area (Å²) >= 11 is 0. The Labute approximate surface area is 128 Å². The van der Waals surface area contributed by atoms with Gasteiger partial charge in [-0.25, -0.2) is 0 Å². The monoisotopic (exact) mass is 282 g/mol. The summed E-state index contributed by atoms with van der Waals surface area (Å²) in [5.41, 5.74) is 5.00. The highest BCUT2D eigenvalue weighted by Gasteiger charge is 2.48. The maximum atomic E-state index is 12.4. The van der Waals surface area contributed by atoms with E-state index in [0.717, 1.165) is 41.2 Å². The van der Waals surface area contributed by atoms with Crippen molar-refractivity contribution < 1.29 is 4.79 Å². The fourth-order valence-electron chi connectivity index (χ4n) is 5.87. The Bertz CT molecular complexity index is 589. The molecular weight excluding hydrogens is 256 g/mol. The first-order chi connectivity index (χ1) is 10.1. The number of allylic oxidation sites excluding steroid dienone is 6. The molecule has 2 fully saturated rings. The molecule has 0 aromatic carbocycles. The van der Waals surface area contributed by atoms with Gasteiger partial charge in [0.1, 0.15) is 0 Å². The van der Waals surface area contributed by atoms with E-state index in [1.54, 1.807) is 0 Å². The predicted octanol–water partition coefficient (Wildman–Crippen LogP) is 4.85. The molecule has 0 radical (unpaired) electrons. The van der Waals surface area contributed by atoms with Crippen LogP contribution in [-0.2, 0) is 4.79 Å². The summed E-state index contributed by atoms with van der Waals surface area (Å²) in [7, 11) is 0.